The number of likely N-dealkylation sites (tertiary alicyclic amines) is 1. The number of thioether (sulfide) groups is 1. The van der Waals surface area contributed by atoms with E-state index in [0.717, 1.165) is 53.4 Å². The Morgan fingerprint density at radius 1 is 1.10 bits per heavy atom. The first kappa shape index (κ1) is 20.4. The molecule has 5 rings (SSSR count). The van der Waals surface area contributed by atoms with Gasteiger partial charge in [0.25, 0.3) is 0 Å². The van der Waals surface area contributed by atoms with Crippen molar-refractivity contribution in [1.29, 1.82) is 0 Å². The maximum absolute atomic E-state index is 13.0. The third-order valence-electron chi connectivity index (χ3n) is 6.72. The Kier molecular flexibility index (Phi) is 5.85. The summed E-state index contributed by atoms with van der Waals surface area (Å²) in [7, 11) is 0. The highest BCUT2D eigenvalue weighted by atomic mass is 32.2. The maximum atomic E-state index is 13.0. The van der Waals surface area contributed by atoms with Crippen LogP contribution >= 0.6 is 11.8 Å². The highest BCUT2D eigenvalue weighted by Gasteiger charge is 2.33. The lowest BCUT2D eigenvalue weighted by molar-refractivity contribution is -0.131. The molecule has 3 heterocycles. The summed E-state index contributed by atoms with van der Waals surface area (Å²) in [6.07, 6.45) is 8.12. The Balaban J connectivity index is 1.34. The molecule has 6 nitrogen and oxygen atoms in total. The van der Waals surface area contributed by atoms with Gasteiger partial charge in [-0.2, -0.15) is 0 Å². The fraction of sp³-hybridized carbons (Fsp3) is 0.458. The van der Waals surface area contributed by atoms with Crippen LogP contribution in [0.5, 0.6) is 0 Å². The summed E-state index contributed by atoms with van der Waals surface area (Å²) in [5, 5.41) is 9.61. The third kappa shape index (κ3) is 4.15. The number of amides is 1. The van der Waals surface area contributed by atoms with Crippen LogP contribution < -0.4 is 0 Å². The molecular weight excluding hydrogens is 408 g/mol. The van der Waals surface area contributed by atoms with E-state index in [1.807, 2.05) is 47.9 Å². The minimum atomic E-state index is 0.206. The van der Waals surface area contributed by atoms with Gasteiger partial charge in [-0.1, -0.05) is 49.2 Å². The number of benzene rings is 1. The fourth-order valence-corrected chi connectivity index (χ4v) is 5.86. The summed E-state index contributed by atoms with van der Waals surface area (Å²) in [5.74, 6) is 3.64. The smallest absolute Gasteiger partial charge is 0.233 e. The fourth-order valence-electron chi connectivity index (χ4n) is 5.01. The molecule has 2 atom stereocenters. The second-order valence-corrected chi connectivity index (χ2v) is 9.53. The topological polar surface area (TPSA) is 64.2 Å². The number of fused-ring (bicyclic) bond motifs is 1. The number of hydrogen-bond acceptors (Lipinski definition) is 5. The second-order valence-electron chi connectivity index (χ2n) is 8.59. The standard InChI is InChI=1S/C24H28N4O2S/c1-17-21(12-14-30-17)23-25-26-24(28(23)20-9-3-2-4-10-20)31-16-22(29)27-13-11-18-7-5-6-8-19(18)15-27/h2-4,9-10,12,14,18-19H,5-8,11,13,15-16H2,1H3/t18-,19+/m0/s1. The number of rotatable bonds is 5. The van der Waals surface area contributed by atoms with Gasteiger partial charge in [0.15, 0.2) is 11.0 Å². The van der Waals surface area contributed by atoms with Crippen LogP contribution in [-0.4, -0.2) is 44.4 Å². The van der Waals surface area contributed by atoms with Crippen molar-refractivity contribution in [2.75, 3.05) is 18.8 Å². The third-order valence-corrected chi connectivity index (χ3v) is 7.63. The molecule has 7 heteroatoms. The van der Waals surface area contributed by atoms with E-state index < -0.39 is 0 Å². The quantitative estimate of drug-likeness (QED) is 0.529. The molecule has 1 saturated heterocycles. The molecule has 1 aliphatic heterocycles. The SMILES string of the molecule is Cc1occc1-c1nnc(SCC(=O)N2CC[C@@H]3CCCC[C@@H]3C2)n1-c1ccccc1. The van der Waals surface area contributed by atoms with E-state index in [1.54, 1.807) is 6.26 Å². The van der Waals surface area contributed by atoms with Crippen molar-refractivity contribution in [2.45, 2.75) is 44.2 Å². The summed E-state index contributed by atoms with van der Waals surface area (Å²) in [6, 6.07) is 11.9. The van der Waals surface area contributed by atoms with E-state index >= 15 is 0 Å². The molecule has 31 heavy (non-hydrogen) atoms. The van der Waals surface area contributed by atoms with Crippen LogP contribution in [0.1, 0.15) is 37.9 Å². The van der Waals surface area contributed by atoms with Gasteiger partial charge in [-0.15, -0.1) is 10.2 Å². The molecule has 2 aliphatic rings. The van der Waals surface area contributed by atoms with Crippen LogP contribution in [0.2, 0.25) is 0 Å². The first-order valence-electron chi connectivity index (χ1n) is 11.2. The molecule has 2 aromatic heterocycles. The second kappa shape index (κ2) is 8.91. The highest BCUT2D eigenvalue weighted by Crippen LogP contribution is 2.36. The van der Waals surface area contributed by atoms with Crippen LogP contribution in [0.4, 0.5) is 0 Å². The van der Waals surface area contributed by atoms with Crippen LogP contribution in [0, 0.1) is 18.8 Å². The monoisotopic (exact) mass is 436 g/mol. The van der Waals surface area contributed by atoms with Gasteiger partial charge in [-0.25, -0.2) is 0 Å². The molecule has 0 spiro atoms. The van der Waals surface area contributed by atoms with Gasteiger partial charge in [0.05, 0.1) is 17.6 Å². The van der Waals surface area contributed by atoms with Gasteiger partial charge >= 0.3 is 0 Å². The van der Waals surface area contributed by atoms with Gasteiger partial charge in [-0.3, -0.25) is 9.36 Å². The van der Waals surface area contributed by atoms with Crippen LogP contribution in [-0.2, 0) is 4.79 Å². The van der Waals surface area contributed by atoms with Crippen LogP contribution in [0.15, 0.2) is 52.2 Å². The number of carbonyl (C=O) groups excluding carboxylic acids is 1. The molecule has 1 amide bonds. The van der Waals surface area contributed by atoms with E-state index in [9.17, 15) is 4.79 Å². The van der Waals surface area contributed by atoms with Gasteiger partial charge in [-0.05, 0) is 49.8 Å². The molecule has 3 aromatic rings. The number of piperidine rings is 1. The van der Waals surface area contributed by atoms with Crippen molar-refractivity contribution in [3.05, 3.63) is 48.4 Å². The van der Waals surface area contributed by atoms with Crippen LogP contribution in [0.25, 0.3) is 17.1 Å². The normalized spacial score (nSPS) is 21.1. The minimum Gasteiger partial charge on any atom is -0.469 e. The Morgan fingerprint density at radius 2 is 1.90 bits per heavy atom. The summed E-state index contributed by atoms with van der Waals surface area (Å²) in [6.45, 7) is 3.74. The van der Waals surface area contributed by atoms with E-state index in [2.05, 4.69) is 15.1 Å². The molecule has 2 fully saturated rings. The van der Waals surface area contributed by atoms with E-state index in [4.69, 9.17) is 4.42 Å². The molecule has 0 bridgehead atoms. The average molecular weight is 437 g/mol. The molecule has 1 saturated carbocycles. The molecule has 0 radical (unpaired) electrons. The number of aryl methyl sites for hydroxylation is 1. The Bertz CT molecular complexity index is 1050. The molecule has 1 aliphatic carbocycles. The van der Waals surface area contributed by atoms with Crippen molar-refractivity contribution in [2.24, 2.45) is 11.8 Å². The molecular formula is C24H28N4O2S. The maximum Gasteiger partial charge on any atom is 0.233 e. The first-order valence-corrected chi connectivity index (χ1v) is 12.1. The highest BCUT2D eigenvalue weighted by molar-refractivity contribution is 7.99. The lowest BCUT2D eigenvalue weighted by Gasteiger charge is -2.41. The summed E-state index contributed by atoms with van der Waals surface area (Å²) >= 11 is 1.46. The number of aromatic nitrogens is 3. The Labute approximate surface area is 187 Å². The zero-order valence-corrected chi connectivity index (χ0v) is 18.7. The Hall–Kier alpha value is -2.54. The predicted octanol–water partition coefficient (Wildman–Crippen LogP) is 4.97. The van der Waals surface area contributed by atoms with Crippen LogP contribution in [0.3, 0.4) is 0 Å². The molecule has 162 valence electrons. The minimum absolute atomic E-state index is 0.206. The van der Waals surface area contributed by atoms with Crippen molar-refractivity contribution in [3.8, 4) is 17.1 Å². The molecule has 1 aromatic carbocycles. The van der Waals surface area contributed by atoms with Gasteiger partial charge in [0.1, 0.15) is 5.76 Å². The van der Waals surface area contributed by atoms with E-state index in [-0.39, 0.29) is 5.91 Å². The van der Waals surface area contributed by atoms with Crippen molar-refractivity contribution in [1.82, 2.24) is 19.7 Å². The van der Waals surface area contributed by atoms with E-state index in [1.165, 1.54) is 37.4 Å². The van der Waals surface area contributed by atoms with Gasteiger partial charge < -0.3 is 9.32 Å². The summed E-state index contributed by atoms with van der Waals surface area (Å²) in [4.78, 5) is 15.1. The lowest BCUT2D eigenvalue weighted by atomic mass is 9.75. The number of furan rings is 1. The summed E-state index contributed by atoms with van der Waals surface area (Å²) < 4.78 is 7.51. The van der Waals surface area contributed by atoms with E-state index in [0.29, 0.717) is 11.7 Å². The van der Waals surface area contributed by atoms with Crippen molar-refractivity contribution >= 4 is 17.7 Å². The van der Waals surface area contributed by atoms with Crippen molar-refractivity contribution < 1.29 is 9.21 Å². The molecule has 0 unspecified atom stereocenters. The van der Waals surface area contributed by atoms with Gasteiger partial charge in [0.2, 0.25) is 5.91 Å². The number of carbonyl (C=O) groups is 1. The lowest BCUT2D eigenvalue weighted by Crippen LogP contribution is -2.45. The first-order chi connectivity index (χ1) is 15.2. The predicted molar refractivity (Wildman–Crippen MR) is 121 cm³/mol. The Morgan fingerprint density at radius 3 is 2.68 bits per heavy atom. The number of hydrogen-bond donors (Lipinski definition) is 0. The summed E-state index contributed by atoms with van der Waals surface area (Å²) in [5.41, 5.74) is 1.88. The zero-order chi connectivity index (χ0) is 21.2. The largest absolute Gasteiger partial charge is 0.469 e. The van der Waals surface area contributed by atoms with Gasteiger partial charge in [0, 0.05) is 18.8 Å². The molecule has 0 N–H and O–H groups in total. The number of nitrogens with zero attached hydrogens (tertiary/aromatic N) is 4. The average Bonchev–Trinajstić information content (AvgIpc) is 3.43. The number of para-hydroxylation sites is 1. The van der Waals surface area contributed by atoms with Crippen molar-refractivity contribution in [3.63, 3.8) is 0 Å². The zero-order valence-electron chi connectivity index (χ0n) is 17.9.